The highest BCUT2D eigenvalue weighted by molar-refractivity contribution is 7.99. The zero-order valence-electron chi connectivity index (χ0n) is 16.9. The summed E-state index contributed by atoms with van der Waals surface area (Å²) in [6.45, 7) is 3.95. The van der Waals surface area contributed by atoms with Crippen LogP contribution >= 0.6 is 11.8 Å². The third-order valence-electron chi connectivity index (χ3n) is 5.50. The minimum Gasteiger partial charge on any atom is -0.411 e. The van der Waals surface area contributed by atoms with Crippen molar-refractivity contribution in [1.82, 2.24) is 20.1 Å². The number of thioether (sulfide) groups is 1. The Morgan fingerprint density at radius 3 is 2.90 bits per heavy atom. The molecule has 2 aromatic heterocycles. The standard InChI is InChI=1S/C20H24N4O4S2/c1-3-13(2)24(14-8-9-30(26,27)12-14)18(25)11-29-20-23-22-19(28-20)16-10-21-17-7-5-4-6-15(16)17/h4-7,10,13-14,21H,3,8-9,11-12H2,1-2H3. The van der Waals surface area contributed by atoms with Crippen LogP contribution in [0, 0.1) is 0 Å². The number of hydrogen-bond donors (Lipinski definition) is 1. The Hall–Kier alpha value is -2.33. The highest BCUT2D eigenvalue weighted by Crippen LogP contribution is 2.30. The van der Waals surface area contributed by atoms with Crippen LogP contribution in [0.1, 0.15) is 26.7 Å². The molecule has 0 aliphatic carbocycles. The molecule has 1 aromatic carbocycles. The van der Waals surface area contributed by atoms with Crippen molar-refractivity contribution in [3.05, 3.63) is 30.5 Å². The van der Waals surface area contributed by atoms with Crippen molar-refractivity contribution in [2.45, 2.75) is 44.0 Å². The first kappa shape index (κ1) is 20.9. The van der Waals surface area contributed by atoms with Crippen molar-refractivity contribution in [1.29, 1.82) is 0 Å². The highest BCUT2D eigenvalue weighted by Gasteiger charge is 2.36. The van der Waals surface area contributed by atoms with Crippen molar-refractivity contribution in [2.75, 3.05) is 17.3 Å². The molecule has 3 heterocycles. The highest BCUT2D eigenvalue weighted by atomic mass is 32.2. The van der Waals surface area contributed by atoms with Crippen molar-refractivity contribution < 1.29 is 17.6 Å². The number of H-pyrrole nitrogens is 1. The summed E-state index contributed by atoms with van der Waals surface area (Å²) < 4.78 is 29.5. The molecule has 0 saturated carbocycles. The third kappa shape index (κ3) is 4.24. The fraction of sp³-hybridized carbons (Fsp3) is 0.450. The molecular formula is C20H24N4O4S2. The first-order chi connectivity index (χ1) is 14.4. The van der Waals surface area contributed by atoms with E-state index >= 15 is 0 Å². The van der Waals surface area contributed by atoms with Gasteiger partial charge in [0.25, 0.3) is 11.1 Å². The molecule has 1 aliphatic heterocycles. The average Bonchev–Trinajstić information content (AvgIpc) is 3.44. The lowest BCUT2D eigenvalue weighted by Gasteiger charge is -2.33. The predicted molar refractivity (Wildman–Crippen MR) is 116 cm³/mol. The van der Waals surface area contributed by atoms with E-state index in [1.165, 1.54) is 11.8 Å². The van der Waals surface area contributed by atoms with Crippen LogP contribution in [-0.2, 0) is 14.6 Å². The molecule has 10 heteroatoms. The lowest BCUT2D eigenvalue weighted by Crippen LogP contribution is -2.47. The Morgan fingerprint density at radius 1 is 1.37 bits per heavy atom. The topological polar surface area (TPSA) is 109 Å². The number of rotatable bonds is 7. The number of sulfone groups is 1. The van der Waals surface area contributed by atoms with Crippen molar-refractivity contribution in [3.63, 3.8) is 0 Å². The Kier molecular flexibility index (Phi) is 5.88. The molecule has 4 rings (SSSR count). The SMILES string of the molecule is CCC(C)N(C(=O)CSc1nnc(-c2c[nH]c3ccccc23)o1)C1CCS(=O)(=O)C1. The molecule has 0 radical (unpaired) electrons. The number of nitrogens with one attached hydrogen (secondary N) is 1. The molecule has 1 saturated heterocycles. The third-order valence-corrected chi connectivity index (χ3v) is 8.05. The second-order valence-corrected chi connectivity index (χ2v) is 10.7. The van der Waals surface area contributed by atoms with Crippen LogP contribution < -0.4 is 0 Å². The molecule has 1 fully saturated rings. The molecule has 0 spiro atoms. The van der Waals surface area contributed by atoms with Crippen LogP contribution in [0.25, 0.3) is 22.4 Å². The van der Waals surface area contributed by atoms with Crippen LogP contribution in [0.3, 0.4) is 0 Å². The van der Waals surface area contributed by atoms with Gasteiger partial charge in [-0.1, -0.05) is 36.9 Å². The van der Waals surface area contributed by atoms with Crippen LogP contribution in [0.5, 0.6) is 0 Å². The quantitative estimate of drug-likeness (QED) is 0.553. The smallest absolute Gasteiger partial charge is 0.277 e. The molecule has 2 unspecified atom stereocenters. The van der Waals surface area contributed by atoms with Gasteiger partial charge in [-0.15, -0.1) is 10.2 Å². The van der Waals surface area contributed by atoms with Crippen LogP contribution in [-0.4, -0.2) is 63.7 Å². The Labute approximate surface area is 179 Å². The number of fused-ring (bicyclic) bond motifs is 1. The lowest BCUT2D eigenvalue weighted by molar-refractivity contribution is -0.132. The summed E-state index contributed by atoms with van der Waals surface area (Å²) in [6.07, 6.45) is 3.08. The van der Waals surface area contributed by atoms with Crippen molar-refractivity contribution >= 4 is 38.4 Å². The van der Waals surface area contributed by atoms with Gasteiger partial charge in [-0.2, -0.15) is 0 Å². The van der Waals surface area contributed by atoms with Gasteiger partial charge in [0.2, 0.25) is 5.91 Å². The summed E-state index contributed by atoms with van der Waals surface area (Å²) in [5, 5.41) is 9.48. The Bertz CT molecular complexity index is 1150. The van der Waals surface area contributed by atoms with E-state index in [0.29, 0.717) is 17.5 Å². The lowest BCUT2D eigenvalue weighted by atomic mass is 10.1. The van der Waals surface area contributed by atoms with Gasteiger partial charge in [0.05, 0.1) is 22.8 Å². The maximum atomic E-state index is 12.9. The second-order valence-electron chi connectivity index (χ2n) is 7.52. The zero-order valence-corrected chi connectivity index (χ0v) is 18.5. The first-order valence-corrected chi connectivity index (χ1v) is 12.7. The molecule has 1 N–H and O–H groups in total. The van der Waals surface area contributed by atoms with Gasteiger partial charge < -0.3 is 14.3 Å². The van der Waals surface area contributed by atoms with Crippen LogP contribution in [0.4, 0.5) is 0 Å². The van der Waals surface area contributed by atoms with Crippen molar-refractivity contribution in [3.8, 4) is 11.5 Å². The predicted octanol–water partition coefficient (Wildman–Crippen LogP) is 3.12. The number of amides is 1. The van der Waals surface area contributed by atoms with Gasteiger partial charge >= 0.3 is 0 Å². The van der Waals surface area contributed by atoms with E-state index < -0.39 is 9.84 Å². The molecule has 1 amide bonds. The Balaban J connectivity index is 1.45. The summed E-state index contributed by atoms with van der Waals surface area (Å²) in [5.41, 5.74) is 1.79. The summed E-state index contributed by atoms with van der Waals surface area (Å²) in [4.78, 5) is 17.8. The van der Waals surface area contributed by atoms with Gasteiger partial charge in [0, 0.05) is 29.2 Å². The van der Waals surface area contributed by atoms with Gasteiger partial charge in [0.15, 0.2) is 9.84 Å². The number of aromatic nitrogens is 3. The molecule has 3 aromatic rings. The van der Waals surface area contributed by atoms with Gasteiger partial charge in [-0.3, -0.25) is 4.79 Å². The number of carbonyl (C=O) groups excluding carboxylic acids is 1. The molecule has 0 bridgehead atoms. The number of aromatic amines is 1. The zero-order chi connectivity index (χ0) is 21.3. The maximum Gasteiger partial charge on any atom is 0.277 e. The summed E-state index contributed by atoms with van der Waals surface area (Å²) in [5.74, 6) is 0.587. The first-order valence-electron chi connectivity index (χ1n) is 9.92. The number of carbonyl (C=O) groups is 1. The normalized spacial score (nSPS) is 19.2. The largest absolute Gasteiger partial charge is 0.411 e. The van der Waals surface area contributed by atoms with Gasteiger partial charge in [-0.25, -0.2) is 8.42 Å². The minimum atomic E-state index is -3.07. The van der Waals surface area contributed by atoms with Crippen LogP contribution in [0.15, 0.2) is 40.1 Å². The van der Waals surface area contributed by atoms with E-state index in [4.69, 9.17) is 4.42 Å². The fourth-order valence-electron chi connectivity index (χ4n) is 3.82. The van der Waals surface area contributed by atoms with E-state index in [0.717, 1.165) is 22.9 Å². The van der Waals surface area contributed by atoms with E-state index in [1.807, 2.05) is 44.3 Å². The second kappa shape index (κ2) is 8.43. The number of nitrogens with zero attached hydrogens (tertiary/aromatic N) is 3. The molecule has 2 atom stereocenters. The monoisotopic (exact) mass is 448 g/mol. The summed E-state index contributed by atoms with van der Waals surface area (Å²) in [6, 6.07) is 7.54. The molecule has 1 aliphatic rings. The van der Waals surface area contributed by atoms with E-state index in [-0.39, 0.29) is 35.2 Å². The number of hydrogen-bond acceptors (Lipinski definition) is 7. The maximum absolute atomic E-state index is 12.9. The number of para-hydroxylation sites is 1. The van der Waals surface area contributed by atoms with Gasteiger partial charge in [0.1, 0.15) is 0 Å². The molecule has 30 heavy (non-hydrogen) atoms. The number of benzene rings is 1. The van der Waals surface area contributed by atoms with E-state index in [1.54, 1.807) is 4.90 Å². The molecule has 160 valence electrons. The minimum absolute atomic E-state index is 0.0270. The average molecular weight is 449 g/mol. The van der Waals surface area contributed by atoms with E-state index in [2.05, 4.69) is 15.2 Å². The summed E-state index contributed by atoms with van der Waals surface area (Å²) in [7, 11) is -3.07. The molecule has 8 nitrogen and oxygen atoms in total. The fourth-order valence-corrected chi connectivity index (χ4v) is 6.17. The van der Waals surface area contributed by atoms with Crippen molar-refractivity contribution in [2.24, 2.45) is 0 Å². The van der Waals surface area contributed by atoms with Gasteiger partial charge in [-0.05, 0) is 25.8 Å². The summed E-state index contributed by atoms with van der Waals surface area (Å²) >= 11 is 1.18. The Morgan fingerprint density at radius 2 is 2.17 bits per heavy atom. The van der Waals surface area contributed by atoms with E-state index in [9.17, 15) is 13.2 Å². The van der Waals surface area contributed by atoms with Crippen LogP contribution in [0.2, 0.25) is 0 Å². The molecular weight excluding hydrogens is 424 g/mol.